The van der Waals surface area contributed by atoms with Crippen molar-refractivity contribution >= 4 is 28.6 Å². The minimum atomic E-state index is 0.620. The fraction of sp³-hybridized carbons (Fsp3) is 0.286. The Morgan fingerprint density at radius 3 is 2.84 bits per heavy atom. The molecule has 0 spiro atoms. The first-order valence-electron chi connectivity index (χ1n) is 5.96. The topological polar surface area (TPSA) is 48.7 Å². The Kier molecular flexibility index (Phi) is 4.41. The lowest BCUT2D eigenvalue weighted by Gasteiger charge is -2.10. The predicted molar refractivity (Wildman–Crippen MR) is 79.9 cm³/mol. The summed E-state index contributed by atoms with van der Waals surface area (Å²) < 4.78 is 0.809. The molecule has 0 atom stereocenters. The summed E-state index contributed by atoms with van der Waals surface area (Å²) in [4.78, 5) is 5.53. The Bertz CT molecular complexity index is 628. The lowest BCUT2D eigenvalue weighted by Crippen LogP contribution is -2.07. The molecule has 2 heterocycles. The van der Waals surface area contributed by atoms with E-state index in [2.05, 4.69) is 16.4 Å². The third-order valence-electron chi connectivity index (χ3n) is 2.76. The van der Waals surface area contributed by atoms with Gasteiger partial charge in [0.25, 0.3) is 0 Å². The Labute approximate surface area is 121 Å². The highest BCUT2D eigenvalue weighted by molar-refractivity contribution is 7.16. The number of nitriles is 1. The van der Waals surface area contributed by atoms with Crippen molar-refractivity contribution < 1.29 is 0 Å². The van der Waals surface area contributed by atoms with Crippen molar-refractivity contribution in [3.63, 3.8) is 0 Å². The molecule has 0 bridgehead atoms. The summed E-state index contributed by atoms with van der Waals surface area (Å²) in [5, 5.41) is 12.5. The largest absolute Gasteiger partial charge is 0.384 e. The van der Waals surface area contributed by atoms with E-state index in [1.54, 1.807) is 11.3 Å². The van der Waals surface area contributed by atoms with Gasteiger partial charge in [-0.3, -0.25) is 4.98 Å². The van der Waals surface area contributed by atoms with E-state index in [4.69, 9.17) is 16.9 Å². The molecule has 2 aromatic heterocycles. The van der Waals surface area contributed by atoms with E-state index in [1.165, 1.54) is 4.88 Å². The number of anilines is 1. The van der Waals surface area contributed by atoms with Gasteiger partial charge < -0.3 is 5.32 Å². The van der Waals surface area contributed by atoms with Crippen molar-refractivity contribution in [2.24, 2.45) is 0 Å². The van der Waals surface area contributed by atoms with E-state index in [0.717, 1.165) is 34.4 Å². The molecule has 98 valence electrons. The average molecular weight is 292 g/mol. The number of aromatic nitrogens is 1. The summed E-state index contributed by atoms with van der Waals surface area (Å²) >= 11 is 7.48. The highest BCUT2D eigenvalue weighted by atomic mass is 35.5. The van der Waals surface area contributed by atoms with E-state index in [0.29, 0.717) is 5.56 Å². The Balaban J connectivity index is 2.05. The predicted octanol–water partition coefficient (Wildman–Crippen LogP) is 3.94. The lowest BCUT2D eigenvalue weighted by atomic mass is 10.1. The van der Waals surface area contributed by atoms with Crippen molar-refractivity contribution in [1.29, 1.82) is 5.26 Å². The van der Waals surface area contributed by atoms with Crippen LogP contribution in [0.15, 0.2) is 18.2 Å². The second kappa shape index (κ2) is 6.05. The third-order valence-corrected chi connectivity index (χ3v) is 4.05. The average Bonchev–Trinajstić information content (AvgIpc) is 2.74. The van der Waals surface area contributed by atoms with Crippen LogP contribution in [-0.2, 0) is 6.42 Å². The normalized spacial score (nSPS) is 10.2. The molecule has 2 rings (SSSR count). The number of aryl methyl sites for hydroxylation is 2. The Morgan fingerprint density at radius 2 is 2.21 bits per heavy atom. The quantitative estimate of drug-likeness (QED) is 0.928. The maximum atomic E-state index is 9.16. The zero-order chi connectivity index (χ0) is 13.8. The number of pyridine rings is 1. The molecule has 5 heteroatoms. The molecular formula is C14H14ClN3S. The molecule has 0 radical (unpaired) electrons. The zero-order valence-corrected chi connectivity index (χ0v) is 12.4. The summed E-state index contributed by atoms with van der Waals surface area (Å²) in [6, 6.07) is 8.05. The number of nitrogens with zero attached hydrogens (tertiary/aromatic N) is 2. The van der Waals surface area contributed by atoms with Crippen LogP contribution in [0.5, 0.6) is 0 Å². The summed E-state index contributed by atoms with van der Waals surface area (Å²) in [6.07, 6.45) is 0.892. The number of halogens is 1. The van der Waals surface area contributed by atoms with Gasteiger partial charge in [0.05, 0.1) is 21.3 Å². The maximum absolute atomic E-state index is 9.16. The number of hydrogen-bond acceptors (Lipinski definition) is 4. The molecule has 0 saturated carbocycles. The molecule has 1 N–H and O–H groups in total. The Hall–Kier alpha value is -1.57. The zero-order valence-electron chi connectivity index (χ0n) is 10.8. The highest BCUT2D eigenvalue weighted by Gasteiger charge is 2.07. The van der Waals surface area contributed by atoms with Crippen LogP contribution in [0.25, 0.3) is 0 Å². The molecule has 0 aliphatic heterocycles. The van der Waals surface area contributed by atoms with Gasteiger partial charge in [0, 0.05) is 17.1 Å². The first kappa shape index (κ1) is 13.9. The van der Waals surface area contributed by atoms with Crippen molar-refractivity contribution in [2.75, 3.05) is 11.9 Å². The number of hydrogen-bond donors (Lipinski definition) is 1. The molecular weight excluding hydrogens is 278 g/mol. The van der Waals surface area contributed by atoms with Crippen LogP contribution in [0.4, 0.5) is 5.69 Å². The maximum Gasteiger partial charge on any atom is 0.103 e. The van der Waals surface area contributed by atoms with Gasteiger partial charge in [-0.05, 0) is 38.5 Å². The molecule has 19 heavy (non-hydrogen) atoms. The van der Waals surface area contributed by atoms with Gasteiger partial charge in [-0.15, -0.1) is 11.3 Å². The van der Waals surface area contributed by atoms with E-state index in [1.807, 2.05) is 32.0 Å². The summed E-state index contributed by atoms with van der Waals surface area (Å²) in [6.45, 7) is 4.56. The van der Waals surface area contributed by atoms with Gasteiger partial charge in [-0.25, -0.2) is 0 Å². The molecule has 3 nitrogen and oxygen atoms in total. The molecule has 0 amide bonds. The fourth-order valence-corrected chi connectivity index (χ4v) is 3.00. The standard InChI is InChI=1S/C14H14ClN3S/c1-9-7-13(12(8-16)10(2)18-9)17-6-5-11-3-4-14(15)19-11/h3-4,7H,5-6H2,1-2H3,(H,17,18). The van der Waals surface area contributed by atoms with Crippen molar-refractivity contribution in [1.82, 2.24) is 4.98 Å². The van der Waals surface area contributed by atoms with Crippen LogP contribution in [-0.4, -0.2) is 11.5 Å². The van der Waals surface area contributed by atoms with Crippen LogP contribution in [0.1, 0.15) is 21.8 Å². The molecule has 0 aliphatic rings. The molecule has 0 unspecified atom stereocenters. The van der Waals surface area contributed by atoms with E-state index in [-0.39, 0.29) is 0 Å². The molecule has 0 aliphatic carbocycles. The summed E-state index contributed by atoms with van der Waals surface area (Å²) in [7, 11) is 0. The van der Waals surface area contributed by atoms with Crippen LogP contribution in [0, 0.1) is 25.2 Å². The van der Waals surface area contributed by atoms with Gasteiger partial charge >= 0.3 is 0 Å². The molecule has 0 fully saturated rings. The minimum absolute atomic E-state index is 0.620. The molecule has 0 aromatic carbocycles. The first-order valence-corrected chi connectivity index (χ1v) is 7.16. The van der Waals surface area contributed by atoms with Crippen molar-refractivity contribution in [2.45, 2.75) is 20.3 Å². The van der Waals surface area contributed by atoms with Gasteiger partial charge in [0.2, 0.25) is 0 Å². The highest BCUT2D eigenvalue weighted by Crippen LogP contribution is 2.22. The second-order valence-corrected chi connectivity index (χ2v) is 6.07. The number of thiophene rings is 1. The molecule has 2 aromatic rings. The third kappa shape index (κ3) is 3.46. The van der Waals surface area contributed by atoms with Gasteiger partial charge in [0.15, 0.2) is 0 Å². The monoisotopic (exact) mass is 291 g/mol. The van der Waals surface area contributed by atoms with Crippen LogP contribution in [0.2, 0.25) is 4.34 Å². The second-order valence-electron chi connectivity index (χ2n) is 4.27. The summed E-state index contributed by atoms with van der Waals surface area (Å²) in [5.41, 5.74) is 3.16. The van der Waals surface area contributed by atoms with E-state index < -0.39 is 0 Å². The lowest BCUT2D eigenvalue weighted by molar-refractivity contribution is 1.03. The Morgan fingerprint density at radius 1 is 1.42 bits per heavy atom. The number of nitrogens with one attached hydrogen (secondary N) is 1. The van der Waals surface area contributed by atoms with E-state index in [9.17, 15) is 0 Å². The van der Waals surface area contributed by atoms with E-state index >= 15 is 0 Å². The van der Waals surface area contributed by atoms with Crippen LogP contribution >= 0.6 is 22.9 Å². The van der Waals surface area contributed by atoms with Gasteiger partial charge in [-0.2, -0.15) is 5.26 Å². The number of rotatable bonds is 4. The fourth-order valence-electron chi connectivity index (χ4n) is 1.92. The minimum Gasteiger partial charge on any atom is -0.384 e. The summed E-state index contributed by atoms with van der Waals surface area (Å²) in [5.74, 6) is 0. The molecule has 0 saturated heterocycles. The van der Waals surface area contributed by atoms with Crippen LogP contribution < -0.4 is 5.32 Å². The van der Waals surface area contributed by atoms with Crippen molar-refractivity contribution in [3.8, 4) is 6.07 Å². The van der Waals surface area contributed by atoms with Crippen LogP contribution in [0.3, 0.4) is 0 Å². The van der Waals surface area contributed by atoms with Gasteiger partial charge in [0.1, 0.15) is 6.07 Å². The van der Waals surface area contributed by atoms with Crippen molar-refractivity contribution in [3.05, 3.63) is 44.4 Å². The van der Waals surface area contributed by atoms with Gasteiger partial charge in [-0.1, -0.05) is 11.6 Å². The first-order chi connectivity index (χ1) is 9.10. The SMILES string of the molecule is Cc1cc(NCCc2ccc(Cl)s2)c(C#N)c(C)n1. The smallest absolute Gasteiger partial charge is 0.103 e.